The van der Waals surface area contributed by atoms with Gasteiger partial charge in [0.1, 0.15) is 5.75 Å². The lowest BCUT2D eigenvalue weighted by Crippen LogP contribution is -2.17. The number of aromatic nitrogens is 1. The van der Waals surface area contributed by atoms with Crippen molar-refractivity contribution in [2.75, 3.05) is 0 Å². The quantitative estimate of drug-likeness (QED) is 0.264. The van der Waals surface area contributed by atoms with Crippen LogP contribution in [0.4, 0.5) is 0 Å². The van der Waals surface area contributed by atoms with Crippen LogP contribution in [0.5, 0.6) is 5.75 Å². The molecule has 1 amide bonds. The van der Waals surface area contributed by atoms with Crippen molar-refractivity contribution in [3.05, 3.63) is 93.2 Å². The Balaban J connectivity index is 1.74. The summed E-state index contributed by atoms with van der Waals surface area (Å²) in [6, 6.07) is 14.6. The summed E-state index contributed by atoms with van der Waals surface area (Å²) >= 11 is 9.20. The third-order valence-corrected chi connectivity index (χ3v) is 4.31. The minimum absolute atomic E-state index is 0.296. The summed E-state index contributed by atoms with van der Waals surface area (Å²) in [4.78, 5) is 28.2. The van der Waals surface area contributed by atoms with Crippen LogP contribution in [0.3, 0.4) is 0 Å². The van der Waals surface area contributed by atoms with E-state index in [0.717, 1.165) is 4.47 Å². The van der Waals surface area contributed by atoms with Gasteiger partial charge in [-0.3, -0.25) is 9.78 Å². The summed E-state index contributed by atoms with van der Waals surface area (Å²) in [5.41, 5.74) is 3.71. The summed E-state index contributed by atoms with van der Waals surface area (Å²) in [5.74, 6) is -0.618. The molecule has 28 heavy (non-hydrogen) atoms. The van der Waals surface area contributed by atoms with E-state index >= 15 is 0 Å². The number of carbonyl (C=O) groups is 2. The van der Waals surface area contributed by atoms with Gasteiger partial charge in [0, 0.05) is 33.0 Å². The average Bonchev–Trinajstić information content (AvgIpc) is 2.71. The van der Waals surface area contributed by atoms with Gasteiger partial charge in [-0.05, 0) is 54.6 Å². The molecule has 0 bridgehead atoms. The molecule has 0 radical (unpaired) electrons. The van der Waals surface area contributed by atoms with E-state index in [2.05, 4.69) is 31.4 Å². The van der Waals surface area contributed by atoms with Gasteiger partial charge in [0.25, 0.3) is 5.91 Å². The van der Waals surface area contributed by atoms with E-state index in [1.807, 2.05) is 0 Å². The predicted molar refractivity (Wildman–Crippen MR) is 110 cm³/mol. The molecule has 0 aliphatic carbocycles. The van der Waals surface area contributed by atoms with Crippen LogP contribution in [0.25, 0.3) is 0 Å². The summed E-state index contributed by atoms with van der Waals surface area (Å²) in [6.45, 7) is 0. The van der Waals surface area contributed by atoms with Crippen LogP contribution in [-0.4, -0.2) is 23.1 Å². The first-order valence-corrected chi connectivity index (χ1v) is 9.21. The lowest BCUT2D eigenvalue weighted by atomic mass is 10.2. The third kappa shape index (κ3) is 5.25. The fourth-order valence-corrected chi connectivity index (χ4v) is 2.69. The normalized spacial score (nSPS) is 10.6. The molecule has 0 aliphatic rings. The van der Waals surface area contributed by atoms with Crippen LogP contribution in [-0.2, 0) is 0 Å². The number of pyridine rings is 1. The Bertz CT molecular complexity index is 1020. The highest BCUT2D eigenvalue weighted by Crippen LogP contribution is 2.23. The standard InChI is InChI=1S/C20H13BrClN3O3/c21-16-3-6-18(28-20(27)14-1-4-17(22)5-2-14)15(11-16)12-24-25-19(26)13-7-9-23-10-8-13/h1-12H,(H,25,26). The highest BCUT2D eigenvalue weighted by Gasteiger charge is 2.12. The third-order valence-electron chi connectivity index (χ3n) is 3.57. The van der Waals surface area contributed by atoms with Crippen LogP contribution in [0, 0.1) is 0 Å². The summed E-state index contributed by atoms with van der Waals surface area (Å²) in [5, 5.41) is 4.46. The maximum atomic E-state index is 12.3. The zero-order chi connectivity index (χ0) is 19.9. The number of carbonyl (C=O) groups excluding carboxylic acids is 2. The van der Waals surface area contributed by atoms with Crippen molar-refractivity contribution in [1.82, 2.24) is 10.4 Å². The second-order valence-electron chi connectivity index (χ2n) is 5.51. The van der Waals surface area contributed by atoms with Crippen molar-refractivity contribution >= 4 is 45.6 Å². The number of halogens is 2. The maximum Gasteiger partial charge on any atom is 0.343 e. The fourth-order valence-electron chi connectivity index (χ4n) is 2.19. The molecule has 0 atom stereocenters. The second-order valence-corrected chi connectivity index (χ2v) is 6.87. The summed E-state index contributed by atoms with van der Waals surface area (Å²) < 4.78 is 6.22. The first-order chi connectivity index (χ1) is 13.5. The molecule has 6 nitrogen and oxygen atoms in total. The van der Waals surface area contributed by atoms with Crippen molar-refractivity contribution in [2.24, 2.45) is 5.10 Å². The number of nitrogens with one attached hydrogen (secondary N) is 1. The van der Waals surface area contributed by atoms with Crippen LogP contribution in [0.2, 0.25) is 5.02 Å². The van der Waals surface area contributed by atoms with Crippen LogP contribution in [0.1, 0.15) is 26.3 Å². The number of amides is 1. The molecule has 1 N–H and O–H groups in total. The molecule has 0 fully saturated rings. The Kier molecular flexibility index (Phi) is 6.52. The summed E-state index contributed by atoms with van der Waals surface area (Å²) in [7, 11) is 0. The Labute approximate surface area is 174 Å². The molecular weight excluding hydrogens is 446 g/mol. The maximum absolute atomic E-state index is 12.3. The first kappa shape index (κ1) is 19.7. The SMILES string of the molecule is O=C(NN=Cc1cc(Br)ccc1OC(=O)c1ccc(Cl)cc1)c1ccncc1. The van der Waals surface area contributed by atoms with E-state index in [1.165, 1.54) is 18.6 Å². The lowest BCUT2D eigenvalue weighted by Gasteiger charge is -2.08. The molecule has 3 rings (SSSR count). The van der Waals surface area contributed by atoms with Gasteiger partial charge >= 0.3 is 5.97 Å². The van der Waals surface area contributed by atoms with Gasteiger partial charge in [-0.25, -0.2) is 10.2 Å². The Morgan fingerprint density at radius 3 is 2.46 bits per heavy atom. The molecular formula is C20H13BrClN3O3. The smallest absolute Gasteiger partial charge is 0.343 e. The summed E-state index contributed by atoms with van der Waals surface area (Å²) in [6.07, 6.45) is 4.43. The van der Waals surface area contributed by atoms with Gasteiger partial charge in [-0.15, -0.1) is 0 Å². The predicted octanol–water partition coefficient (Wildman–Crippen LogP) is 4.48. The van der Waals surface area contributed by atoms with E-state index in [1.54, 1.807) is 54.6 Å². The largest absolute Gasteiger partial charge is 0.422 e. The van der Waals surface area contributed by atoms with E-state index in [9.17, 15) is 9.59 Å². The fraction of sp³-hybridized carbons (Fsp3) is 0. The molecule has 1 heterocycles. The van der Waals surface area contributed by atoms with Gasteiger partial charge in [0.05, 0.1) is 11.8 Å². The van der Waals surface area contributed by atoms with Gasteiger partial charge in [0.2, 0.25) is 0 Å². The first-order valence-electron chi connectivity index (χ1n) is 8.03. The Morgan fingerprint density at radius 1 is 1.04 bits per heavy atom. The highest BCUT2D eigenvalue weighted by molar-refractivity contribution is 9.10. The molecule has 0 spiro atoms. The molecule has 0 unspecified atom stereocenters. The highest BCUT2D eigenvalue weighted by atomic mass is 79.9. The Hall–Kier alpha value is -3.03. The number of hydrazone groups is 1. The van der Waals surface area contributed by atoms with Crippen molar-refractivity contribution in [2.45, 2.75) is 0 Å². The van der Waals surface area contributed by atoms with E-state index < -0.39 is 5.97 Å². The van der Waals surface area contributed by atoms with Gasteiger partial charge in [-0.1, -0.05) is 27.5 Å². The minimum Gasteiger partial charge on any atom is -0.422 e. The van der Waals surface area contributed by atoms with Gasteiger partial charge < -0.3 is 4.74 Å². The second kappa shape index (κ2) is 9.25. The van der Waals surface area contributed by atoms with Gasteiger partial charge in [-0.2, -0.15) is 5.10 Å². The van der Waals surface area contributed by atoms with Crippen LogP contribution in [0.15, 0.2) is 76.6 Å². The lowest BCUT2D eigenvalue weighted by molar-refractivity contribution is 0.0734. The molecule has 3 aromatic rings. The molecule has 8 heteroatoms. The average molecular weight is 459 g/mol. The number of hydrogen-bond donors (Lipinski definition) is 1. The van der Waals surface area contributed by atoms with E-state index in [-0.39, 0.29) is 5.91 Å². The number of rotatable bonds is 5. The van der Waals surface area contributed by atoms with Crippen molar-refractivity contribution < 1.29 is 14.3 Å². The van der Waals surface area contributed by atoms with Crippen LogP contribution >= 0.6 is 27.5 Å². The number of hydrogen-bond acceptors (Lipinski definition) is 5. The minimum atomic E-state index is -0.533. The Morgan fingerprint density at radius 2 is 1.75 bits per heavy atom. The van der Waals surface area contributed by atoms with E-state index in [4.69, 9.17) is 16.3 Å². The molecule has 2 aromatic carbocycles. The molecule has 0 saturated heterocycles. The number of ether oxygens (including phenoxy) is 1. The number of esters is 1. The number of benzene rings is 2. The molecule has 0 saturated carbocycles. The van der Waals surface area contributed by atoms with Crippen molar-refractivity contribution in [1.29, 1.82) is 0 Å². The van der Waals surface area contributed by atoms with E-state index in [0.29, 0.717) is 27.5 Å². The van der Waals surface area contributed by atoms with Gasteiger partial charge in [0.15, 0.2) is 0 Å². The monoisotopic (exact) mass is 457 g/mol. The topological polar surface area (TPSA) is 80.6 Å². The van der Waals surface area contributed by atoms with Crippen LogP contribution < -0.4 is 10.2 Å². The zero-order valence-electron chi connectivity index (χ0n) is 14.3. The zero-order valence-corrected chi connectivity index (χ0v) is 16.6. The van der Waals surface area contributed by atoms with Crippen molar-refractivity contribution in [3.8, 4) is 5.75 Å². The van der Waals surface area contributed by atoms with Crippen molar-refractivity contribution in [3.63, 3.8) is 0 Å². The molecule has 140 valence electrons. The molecule has 1 aromatic heterocycles. The molecule has 0 aliphatic heterocycles. The number of nitrogens with zero attached hydrogens (tertiary/aromatic N) is 2.